The van der Waals surface area contributed by atoms with E-state index < -0.39 is 0 Å². The van der Waals surface area contributed by atoms with Gasteiger partial charge < -0.3 is 14.8 Å². The normalized spacial score (nSPS) is 19.6. The van der Waals surface area contributed by atoms with Crippen LogP contribution in [0.25, 0.3) is 11.0 Å². The van der Waals surface area contributed by atoms with Crippen LogP contribution in [-0.2, 0) is 11.3 Å². The van der Waals surface area contributed by atoms with Gasteiger partial charge in [-0.1, -0.05) is 0 Å². The standard InChI is InChI=1S/C18H24N4O/c23-17(21-10-1-2-11-21)13-22-16(14-5-8-19-9-6-14)12-15-4-3-7-20-18(15)22/h3-4,7,12,14,19H,1-2,5-6,8-11,13H2. The lowest BCUT2D eigenvalue weighted by atomic mass is 9.94. The van der Waals surface area contributed by atoms with Gasteiger partial charge in [-0.05, 0) is 57.0 Å². The summed E-state index contributed by atoms with van der Waals surface area (Å²) in [4.78, 5) is 19.2. The van der Waals surface area contributed by atoms with Gasteiger partial charge in [0.25, 0.3) is 0 Å². The molecule has 4 rings (SSSR count). The number of carbonyl (C=O) groups is 1. The fourth-order valence-electron chi connectivity index (χ4n) is 3.93. The smallest absolute Gasteiger partial charge is 0.242 e. The maximum atomic E-state index is 12.7. The number of likely N-dealkylation sites (tertiary alicyclic amines) is 1. The van der Waals surface area contributed by atoms with Gasteiger partial charge in [0.05, 0.1) is 0 Å². The zero-order valence-electron chi connectivity index (χ0n) is 13.5. The summed E-state index contributed by atoms with van der Waals surface area (Å²) in [6.07, 6.45) is 6.36. The van der Waals surface area contributed by atoms with Gasteiger partial charge in [0, 0.05) is 36.3 Å². The topological polar surface area (TPSA) is 50.2 Å². The Balaban J connectivity index is 1.68. The highest BCUT2D eigenvalue weighted by Crippen LogP contribution is 2.30. The van der Waals surface area contributed by atoms with Gasteiger partial charge in [-0.15, -0.1) is 0 Å². The van der Waals surface area contributed by atoms with E-state index in [2.05, 4.69) is 27.0 Å². The summed E-state index contributed by atoms with van der Waals surface area (Å²) >= 11 is 0. The van der Waals surface area contributed by atoms with E-state index in [1.54, 1.807) is 0 Å². The number of fused-ring (bicyclic) bond motifs is 1. The molecule has 4 heterocycles. The Kier molecular flexibility index (Phi) is 4.04. The molecule has 0 aromatic carbocycles. The van der Waals surface area contributed by atoms with E-state index in [-0.39, 0.29) is 5.91 Å². The first-order valence-electron chi connectivity index (χ1n) is 8.75. The average molecular weight is 312 g/mol. The Morgan fingerprint density at radius 2 is 2.04 bits per heavy atom. The molecular formula is C18H24N4O. The van der Waals surface area contributed by atoms with Gasteiger partial charge in [-0.3, -0.25) is 4.79 Å². The molecule has 2 aliphatic rings. The van der Waals surface area contributed by atoms with Crippen molar-refractivity contribution in [1.29, 1.82) is 0 Å². The number of hydrogen-bond acceptors (Lipinski definition) is 3. The van der Waals surface area contributed by atoms with Crippen LogP contribution in [0.2, 0.25) is 0 Å². The zero-order chi connectivity index (χ0) is 15.6. The molecule has 1 amide bonds. The molecule has 2 aliphatic heterocycles. The van der Waals surface area contributed by atoms with E-state index in [1.165, 1.54) is 5.69 Å². The molecule has 2 fully saturated rings. The van der Waals surface area contributed by atoms with E-state index in [0.29, 0.717) is 12.5 Å². The summed E-state index contributed by atoms with van der Waals surface area (Å²) in [5.74, 6) is 0.762. The summed E-state index contributed by atoms with van der Waals surface area (Å²) in [7, 11) is 0. The minimum Gasteiger partial charge on any atom is -0.341 e. The number of pyridine rings is 1. The first kappa shape index (κ1) is 14.7. The third-order valence-electron chi connectivity index (χ3n) is 5.20. The van der Waals surface area contributed by atoms with Gasteiger partial charge in [0.1, 0.15) is 12.2 Å². The molecule has 2 aromatic heterocycles. The van der Waals surface area contributed by atoms with Crippen molar-refractivity contribution < 1.29 is 4.79 Å². The molecule has 1 N–H and O–H groups in total. The maximum Gasteiger partial charge on any atom is 0.242 e. The largest absolute Gasteiger partial charge is 0.341 e. The molecule has 0 aliphatic carbocycles. The molecule has 0 radical (unpaired) electrons. The molecule has 23 heavy (non-hydrogen) atoms. The molecule has 0 saturated carbocycles. The Morgan fingerprint density at radius 1 is 1.26 bits per heavy atom. The Bertz CT molecular complexity index is 696. The van der Waals surface area contributed by atoms with Crippen LogP contribution in [0, 0.1) is 0 Å². The molecule has 0 unspecified atom stereocenters. The van der Waals surface area contributed by atoms with Crippen molar-refractivity contribution in [3.05, 3.63) is 30.1 Å². The highest BCUT2D eigenvalue weighted by molar-refractivity contribution is 5.82. The van der Waals surface area contributed by atoms with Crippen molar-refractivity contribution in [3.8, 4) is 0 Å². The maximum absolute atomic E-state index is 12.7. The average Bonchev–Trinajstić information content (AvgIpc) is 3.24. The van der Waals surface area contributed by atoms with Crippen molar-refractivity contribution in [2.45, 2.75) is 38.1 Å². The van der Waals surface area contributed by atoms with Crippen molar-refractivity contribution in [2.24, 2.45) is 0 Å². The lowest BCUT2D eigenvalue weighted by molar-refractivity contribution is -0.130. The lowest BCUT2D eigenvalue weighted by Gasteiger charge is -2.25. The predicted molar refractivity (Wildman–Crippen MR) is 90.4 cm³/mol. The molecular weight excluding hydrogens is 288 g/mol. The first-order valence-corrected chi connectivity index (χ1v) is 8.75. The second kappa shape index (κ2) is 6.32. The van der Waals surface area contributed by atoms with Gasteiger partial charge in [0.15, 0.2) is 0 Å². The molecule has 5 nitrogen and oxygen atoms in total. The number of hydrogen-bond donors (Lipinski definition) is 1. The quantitative estimate of drug-likeness (QED) is 0.944. The number of amides is 1. The molecule has 2 saturated heterocycles. The van der Waals surface area contributed by atoms with Crippen LogP contribution < -0.4 is 5.32 Å². The number of nitrogens with zero attached hydrogens (tertiary/aromatic N) is 3. The Morgan fingerprint density at radius 3 is 2.83 bits per heavy atom. The van der Waals surface area contributed by atoms with Crippen molar-refractivity contribution in [3.63, 3.8) is 0 Å². The van der Waals surface area contributed by atoms with Gasteiger partial charge >= 0.3 is 0 Å². The second-order valence-electron chi connectivity index (χ2n) is 6.68. The molecule has 122 valence electrons. The molecule has 0 atom stereocenters. The summed E-state index contributed by atoms with van der Waals surface area (Å²) < 4.78 is 2.17. The number of rotatable bonds is 3. The fourth-order valence-corrected chi connectivity index (χ4v) is 3.93. The van der Waals surface area contributed by atoms with E-state index in [4.69, 9.17) is 0 Å². The summed E-state index contributed by atoms with van der Waals surface area (Å²) in [5.41, 5.74) is 2.24. The van der Waals surface area contributed by atoms with E-state index in [0.717, 1.165) is 62.9 Å². The van der Waals surface area contributed by atoms with Gasteiger partial charge in [-0.25, -0.2) is 4.98 Å². The van der Waals surface area contributed by atoms with Crippen molar-refractivity contribution in [2.75, 3.05) is 26.2 Å². The zero-order valence-corrected chi connectivity index (χ0v) is 13.5. The van der Waals surface area contributed by atoms with Crippen LogP contribution in [0.1, 0.15) is 37.3 Å². The first-order chi connectivity index (χ1) is 11.3. The van der Waals surface area contributed by atoms with Crippen LogP contribution in [0.4, 0.5) is 0 Å². The minimum absolute atomic E-state index is 0.237. The van der Waals surface area contributed by atoms with Crippen molar-refractivity contribution in [1.82, 2.24) is 19.8 Å². The Labute approximate surface area is 136 Å². The predicted octanol–water partition coefficient (Wildman–Crippen LogP) is 2.13. The number of aromatic nitrogens is 2. The van der Waals surface area contributed by atoms with E-state index in [1.807, 2.05) is 17.2 Å². The van der Waals surface area contributed by atoms with Crippen LogP contribution in [0.5, 0.6) is 0 Å². The van der Waals surface area contributed by atoms with Crippen LogP contribution >= 0.6 is 0 Å². The molecule has 5 heteroatoms. The lowest BCUT2D eigenvalue weighted by Crippen LogP contribution is -2.32. The van der Waals surface area contributed by atoms with E-state index >= 15 is 0 Å². The Hall–Kier alpha value is -1.88. The second-order valence-corrected chi connectivity index (χ2v) is 6.68. The third-order valence-corrected chi connectivity index (χ3v) is 5.20. The monoisotopic (exact) mass is 312 g/mol. The van der Waals surface area contributed by atoms with Gasteiger partial charge in [-0.2, -0.15) is 0 Å². The number of nitrogens with one attached hydrogen (secondary N) is 1. The van der Waals surface area contributed by atoms with E-state index in [9.17, 15) is 4.79 Å². The summed E-state index contributed by atoms with van der Waals surface area (Å²) in [6, 6.07) is 6.32. The minimum atomic E-state index is 0.237. The highest BCUT2D eigenvalue weighted by Gasteiger charge is 2.24. The number of piperidine rings is 1. The SMILES string of the molecule is O=C(Cn1c(C2CCNCC2)cc2cccnc21)N1CCCC1. The molecule has 2 aromatic rings. The van der Waals surface area contributed by atoms with Crippen LogP contribution in [-0.4, -0.2) is 46.5 Å². The molecule has 0 spiro atoms. The fraction of sp³-hybridized carbons (Fsp3) is 0.556. The highest BCUT2D eigenvalue weighted by atomic mass is 16.2. The van der Waals surface area contributed by atoms with Gasteiger partial charge in [0.2, 0.25) is 5.91 Å². The summed E-state index contributed by atoms with van der Waals surface area (Å²) in [5, 5.41) is 4.57. The van der Waals surface area contributed by atoms with Crippen molar-refractivity contribution >= 4 is 16.9 Å². The number of carbonyl (C=O) groups excluding carboxylic acids is 1. The molecule has 0 bridgehead atoms. The van der Waals surface area contributed by atoms with Crippen LogP contribution in [0.3, 0.4) is 0 Å². The van der Waals surface area contributed by atoms with Crippen LogP contribution in [0.15, 0.2) is 24.4 Å². The third kappa shape index (κ3) is 2.85. The summed E-state index contributed by atoms with van der Waals surface area (Å²) in [6.45, 7) is 4.36.